The van der Waals surface area contributed by atoms with Gasteiger partial charge in [-0.25, -0.2) is 4.79 Å². The number of fused-ring (bicyclic) bond motifs is 1. The Bertz CT molecular complexity index is 481. The molecule has 1 aromatic rings. The van der Waals surface area contributed by atoms with Crippen molar-refractivity contribution in [1.29, 1.82) is 0 Å². The lowest BCUT2D eigenvalue weighted by Crippen LogP contribution is -2.51. The molecule has 1 aliphatic heterocycles. The van der Waals surface area contributed by atoms with E-state index < -0.39 is 23.7 Å². The van der Waals surface area contributed by atoms with Crippen molar-refractivity contribution in [2.24, 2.45) is 0 Å². The third-order valence-corrected chi connectivity index (χ3v) is 2.41. The summed E-state index contributed by atoms with van der Waals surface area (Å²) >= 11 is 0. The molecule has 0 spiro atoms. The van der Waals surface area contributed by atoms with Crippen LogP contribution < -0.4 is 5.32 Å². The van der Waals surface area contributed by atoms with Gasteiger partial charge in [0.1, 0.15) is 0 Å². The number of amides is 1. The van der Waals surface area contributed by atoms with Crippen molar-refractivity contribution in [1.82, 2.24) is 5.32 Å². The largest absolute Gasteiger partial charge is 0.467 e. The monoisotopic (exact) mass is 219 g/mol. The fourth-order valence-electron chi connectivity index (χ4n) is 1.61. The van der Waals surface area contributed by atoms with Crippen LogP contribution in [0.4, 0.5) is 0 Å². The molecule has 16 heavy (non-hydrogen) atoms. The van der Waals surface area contributed by atoms with Gasteiger partial charge < -0.3 is 10.1 Å². The fraction of sp³-hybridized carbons (Fsp3) is 0.182. The number of ether oxygens (including phenoxy) is 1. The van der Waals surface area contributed by atoms with Crippen LogP contribution in [0, 0.1) is 0 Å². The second-order valence-electron chi connectivity index (χ2n) is 3.34. The fourth-order valence-corrected chi connectivity index (χ4v) is 1.61. The van der Waals surface area contributed by atoms with Crippen LogP contribution in [0.1, 0.15) is 20.7 Å². The van der Waals surface area contributed by atoms with Crippen molar-refractivity contribution >= 4 is 17.7 Å². The smallest absolute Gasteiger partial charge is 0.336 e. The van der Waals surface area contributed by atoms with Crippen LogP contribution in [0.5, 0.6) is 0 Å². The number of nitrogens with one attached hydrogen (secondary N) is 1. The number of hydrogen-bond acceptors (Lipinski definition) is 4. The number of esters is 1. The molecule has 1 atom stereocenters. The molecule has 0 radical (unpaired) electrons. The Morgan fingerprint density at radius 1 is 1.25 bits per heavy atom. The third-order valence-electron chi connectivity index (χ3n) is 2.41. The summed E-state index contributed by atoms with van der Waals surface area (Å²) in [6.45, 7) is 0. The van der Waals surface area contributed by atoms with Gasteiger partial charge in [-0.15, -0.1) is 0 Å². The van der Waals surface area contributed by atoms with Crippen molar-refractivity contribution in [3.63, 3.8) is 0 Å². The number of hydrogen-bond donors (Lipinski definition) is 1. The maximum absolute atomic E-state index is 11.8. The molecular weight excluding hydrogens is 210 g/mol. The summed E-state index contributed by atoms with van der Waals surface area (Å²) in [5.74, 6) is -1.64. The normalized spacial score (nSPS) is 18.7. The molecule has 1 amide bonds. The Kier molecular flexibility index (Phi) is 2.44. The van der Waals surface area contributed by atoms with Gasteiger partial charge in [-0.2, -0.15) is 0 Å². The zero-order valence-electron chi connectivity index (χ0n) is 8.52. The SMILES string of the molecule is COC(=O)[C@H]1NC(=O)c2ccccc2C1=O. The van der Waals surface area contributed by atoms with Crippen LogP contribution in [-0.2, 0) is 9.53 Å². The molecule has 1 heterocycles. The maximum atomic E-state index is 11.8. The van der Waals surface area contributed by atoms with Gasteiger partial charge in [-0.1, -0.05) is 18.2 Å². The predicted molar refractivity (Wildman–Crippen MR) is 54.0 cm³/mol. The van der Waals surface area contributed by atoms with E-state index in [1.165, 1.54) is 19.2 Å². The van der Waals surface area contributed by atoms with E-state index in [1.807, 2.05) is 0 Å². The van der Waals surface area contributed by atoms with E-state index in [0.29, 0.717) is 0 Å². The summed E-state index contributed by atoms with van der Waals surface area (Å²) in [7, 11) is 1.17. The van der Waals surface area contributed by atoms with Gasteiger partial charge in [0, 0.05) is 5.56 Å². The standard InChI is InChI=1S/C11H9NO4/c1-16-11(15)8-9(13)6-4-2-3-5-7(6)10(14)12-8/h2-5,8H,1H3,(H,12,14)/t8-/m0/s1. The van der Waals surface area contributed by atoms with Crippen LogP contribution in [0.3, 0.4) is 0 Å². The zero-order chi connectivity index (χ0) is 11.7. The van der Waals surface area contributed by atoms with Gasteiger partial charge >= 0.3 is 5.97 Å². The summed E-state index contributed by atoms with van der Waals surface area (Å²) in [5.41, 5.74) is 0.536. The number of carbonyl (C=O) groups is 3. The molecule has 2 rings (SSSR count). The van der Waals surface area contributed by atoms with Gasteiger partial charge in [0.25, 0.3) is 5.91 Å². The highest BCUT2D eigenvalue weighted by Crippen LogP contribution is 2.16. The Balaban J connectivity index is 2.46. The average Bonchev–Trinajstić information content (AvgIpc) is 2.33. The average molecular weight is 219 g/mol. The van der Waals surface area contributed by atoms with E-state index in [2.05, 4.69) is 10.1 Å². The first kappa shape index (κ1) is 10.4. The molecule has 0 aliphatic carbocycles. The lowest BCUT2D eigenvalue weighted by Gasteiger charge is -2.22. The molecule has 0 saturated heterocycles. The van der Waals surface area contributed by atoms with Gasteiger partial charge in [0.2, 0.25) is 0 Å². The first-order valence-electron chi connectivity index (χ1n) is 4.67. The van der Waals surface area contributed by atoms with Gasteiger partial charge in [-0.3, -0.25) is 9.59 Å². The number of Topliss-reactive ketones (excluding diaryl/α,β-unsaturated/α-hetero) is 1. The second kappa shape index (κ2) is 3.77. The number of methoxy groups -OCH3 is 1. The first-order valence-corrected chi connectivity index (χ1v) is 4.67. The van der Waals surface area contributed by atoms with Crippen LogP contribution in [0.2, 0.25) is 0 Å². The van der Waals surface area contributed by atoms with Crippen molar-refractivity contribution < 1.29 is 19.1 Å². The van der Waals surface area contributed by atoms with Crippen molar-refractivity contribution in [2.45, 2.75) is 6.04 Å². The summed E-state index contributed by atoms with van der Waals surface area (Å²) in [4.78, 5) is 34.7. The lowest BCUT2D eigenvalue weighted by atomic mass is 9.94. The van der Waals surface area contributed by atoms with E-state index >= 15 is 0 Å². The molecule has 1 aromatic carbocycles. The Hall–Kier alpha value is -2.17. The van der Waals surface area contributed by atoms with E-state index in [4.69, 9.17) is 0 Å². The minimum Gasteiger partial charge on any atom is -0.467 e. The molecule has 82 valence electrons. The lowest BCUT2D eigenvalue weighted by molar-refractivity contribution is -0.141. The molecule has 0 bridgehead atoms. The Labute approximate surface area is 91.4 Å². The number of rotatable bonds is 1. The predicted octanol–water partition coefficient (Wildman–Crippen LogP) is 0.154. The molecule has 5 heteroatoms. The molecule has 0 fully saturated rings. The van der Waals surface area contributed by atoms with Crippen LogP contribution >= 0.6 is 0 Å². The van der Waals surface area contributed by atoms with Gasteiger partial charge in [-0.05, 0) is 6.07 Å². The molecule has 0 saturated carbocycles. The van der Waals surface area contributed by atoms with Gasteiger partial charge in [0.05, 0.1) is 12.7 Å². The highest BCUT2D eigenvalue weighted by molar-refractivity contribution is 6.22. The van der Waals surface area contributed by atoms with Crippen LogP contribution in [0.25, 0.3) is 0 Å². The van der Waals surface area contributed by atoms with E-state index in [9.17, 15) is 14.4 Å². The first-order chi connectivity index (χ1) is 7.65. The van der Waals surface area contributed by atoms with Crippen molar-refractivity contribution in [3.05, 3.63) is 35.4 Å². The third kappa shape index (κ3) is 1.46. The van der Waals surface area contributed by atoms with Crippen LogP contribution in [0.15, 0.2) is 24.3 Å². The Morgan fingerprint density at radius 3 is 2.50 bits per heavy atom. The Morgan fingerprint density at radius 2 is 1.88 bits per heavy atom. The summed E-state index contributed by atoms with van der Waals surface area (Å²) in [5, 5.41) is 2.31. The second-order valence-corrected chi connectivity index (χ2v) is 3.34. The minimum absolute atomic E-state index is 0.252. The summed E-state index contributed by atoms with van der Waals surface area (Å²) < 4.78 is 4.45. The quantitative estimate of drug-likeness (QED) is 0.539. The van der Waals surface area contributed by atoms with Crippen molar-refractivity contribution in [2.75, 3.05) is 7.11 Å². The minimum atomic E-state index is -1.23. The van der Waals surface area contributed by atoms with Gasteiger partial charge in [0.15, 0.2) is 11.8 Å². The summed E-state index contributed by atoms with van der Waals surface area (Å²) in [6, 6.07) is 5.13. The summed E-state index contributed by atoms with van der Waals surface area (Å²) in [6.07, 6.45) is 0. The molecule has 5 nitrogen and oxygen atoms in total. The zero-order valence-corrected chi connectivity index (χ0v) is 8.52. The molecular formula is C11H9NO4. The highest BCUT2D eigenvalue weighted by atomic mass is 16.5. The maximum Gasteiger partial charge on any atom is 0.336 e. The molecule has 1 aliphatic rings. The number of carbonyl (C=O) groups excluding carboxylic acids is 3. The molecule has 1 N–H and O–H groups in total. The number of ketones is 1. The highest BCUT2D eigenvalue weighted by Gasteiger charge is 2.36. The van der Waals surface area contributed by atoms with E-state index in [-0.39, 0.29) is 11.1 Å². The van der Waals surface area contributed by atoms with E-state index in [0.717, 1.165) is 0 Å². The van der Waals surface area contributed by atoms with E-state index in [1.54, 1.807) is 12.1 Å². The van der Waals surface area contributed by atoms with Crippen LogP contribution in [-0.4, -0.2) is 30.8 Å². The topological polar surface area (TPSA) is 72.5 Å². The number of benzene rings is 1. The van der Waals surface area contributed by atoms with Crippen molar-refractivity contribution in [3.8, 4) is 0 Å². The molecule has 0 unspecified atom stereocenters. The molecule has 0 aromatic heterocycles.